The molecule has 0 fully saturated rings. The highest BCUT2D eigenvalue weighted by Gasteiger charge is 2.13. The smallest absolute Gasteiger partial charge is 0.291 e. The van der Waals surface area contributed by atoms with Crippen LogP contribution in [-0.4, -0.2) is 10.8 Å². The summed E-state index contributed by atoms with van der Waals surface area (Å²) in [5.74, 6) is 0.903. The van der Waals surface area contributed by atoms with Crippen molar-refractivity contribution >= 4 is 39.9 Å². The molecule has 1 N–H and O–H groups in total. The molecule has 0 aliphatic heterocycles. The molecule has 0 spiro atoms. The van der Waals surface area contributed by atoms with E-state index in [-0.39, 0.29) is 18.1 Å². The molecule has 0 atom stereocenters. The van der Waals surface area contributed by atoms with Crippen LogP contribution in [0.1, 0.15) is 16.3 Å². The van der Waals surface area contributed by atoms with Gasteiger partial charge in [-0.3, -0.25) is 14.9 Å². The molecule has 132 valence electrons. The summed E-state index contributed by atoms with van der Waals surface area (Å²) < 4.78 is 12.2. The van der Waals surface area contributed by atoms with Gasteiger partial charge < -0.3 is 14.5 Å². The summed E-state index contributed by atoms with van der Waals surface area (Å²) in [5, 5.41) is 13.3. The summed E-state index contributed by atoms with van der Waals surface area (Å²) in [6.45, 7) is 0.200. The van der Waals surface area contributed by atoms with Crippen LogP contribution in [0.3, 0.4) is 0 Å². The number of hydrogen-bond acceptors (Lipinski definition) is 5. The zero-order valence-electron chi connectivity index (χ0n) is 13.3. The van der Waals surface area contributed by atoms with E-state index < -0.39 is 10.8 Å². The van der Waals surface area contributed by atoms with Gasteiger partial charge in [-0.25, -0.2) is 0 Å². The van der Waals surface area contributed by atoms with Crippen LogP contribution in [0.2, 0.25) is 0 Å². The number of anilines is 1. The molecule has 0 saturated carbocycles. The second kappa shape index (κ2) is 8.00. The highest BCUT2D eigenvalue weighted by atomic mass is 127. The normalized spacial score (nSPS) is 10.3. The largest absolute Gasteiger partial charge is 0.486 e. The van der Waals surface area contributed by atoms with Crippen molar-refractivity contribution in [3.63, 3.8) is 0 Å². The van der Waals surface area contributed by atoms with Crippen molar-refractivity contribution in [2.45, 2.75) is 6.61 Å². The van der Waals surface area contributed by atoms with E-state index in [4.69, 9.17) is 9.15 Å². The van der Waals surface area contributed by atoms with E-state index in [0.29, 0.717) is 17.2 Å². The van der Waals surface area contributed by atoms with E-state index in [1.54, 1.807) is 12.1 Å². The van der Waals surface area contributed by atoms with E-state index in [0.717, 1.165) is 3.57 Å². The highest BCUT2D eigenvalue weighted by Crippen LogP contribution is 2.18. The lowest BCUT2D eigenvalue weighted by molar-refractivity contribution is -0.384. The number of furan rings is 1. The van der Waals surface area contributed by atoms with E-state index in [1.807, 2.05) is 24.3 Å². The fourth-order valence-corrected chi connectivity index (χ4v) is 2.48. The van der Waals surface area contributed by atoms with Gasteiger partial charge in [-0.1, -0.05) is 0 Å². The number of nitrogens with zero attached hydrogens (tertiary/aromatic N) is 1. The van der Waals surface area contributed by atoms with Crippen LogP contribution in [0, 0.1) is 13.7 Å². The molecular weight excluding hydrogens is 451 g/mol. The summed E-state index contributed by atoms with van der Waals surface area (Å²) >= 11 is 2.21. The molecule has 26 heavy (non-hydrogen) atoms. The predicted molar refractivity (Wildman–Crippen MR) is 103 cm³/mol. The second-order valence-electron chi connectivity index (χ2n) is 5.27. The molecule has 8 heteroatoms. The Bertz CT molecular complexity index is 920. The lowest BCUT2D eigenvalue weighted by atomic mass is 10.3. The maximum atomic E-state index is 12.2. The number of nitrogens with one attached hydrogen (secondary N) is 1. The number of benzene rings is 2. The van der Waals surface area contributed by atoms with Gasteiger partial charge >= 0.3 is 0 Å². The molecule has 0 aliphatic carbocycles. The van der Waals surface area contributed by atoms with Crippen LogP contribution in [0.4, 0.5) is 11.4 Å². The Morgan fingerprint density at radius 3 is 2.42 bits per heavy atom. The number of nitro groups is 1. The highest BCUT2D eigenvalue weighted by molar-refractivity contribution is 14.1. The summed E-state index contributed by atoms with van der Waals surface area (Å²) in [5.41, 5.74) is 0.393. The van der Waals surface area contributed by atoms with Crippen molar-refractivity contribution in [1.82, 2.24) is 0 Å². The summed E-state index contributed by atoms with van der Waals surface area (Å²) in [4.78, 5) is 22.3. The minimum Gasteiger partial charge on any atom is -0.486 e. The molecule has 1 aromatic heterocycles. The number of non-ortho nitro benzene ring substituents is 1. The minimum atomic E-state index is -0.502. The van der Waals surface area contributed by atoms with Crippen LogP contribution < -0.4 is 10.1 Å². The maximum Gasteiger partial charge on any atom is 0.291 e. The molecule has 1 amide bonds. The quantitative estimate of drug-likeness (QED) is 0.326. The SMILES string of the molecule is O=C(Nc1ccc([N+](=O)[O-])cc1)c1ccc(COc2ccc(I)cc2)o1. The molecule has 0 unspecified atom stereocenters. The van der Waals surface area contributed by atoms with Crippen LogP contribution in [0.15, 0.2) is 65.1 Å². The van der Waals surface area contributed by atoms with Crippen molar-refractivity contribution in [2.75, 3.05) is 5.32 Å². The second-order valence-corrected chi connectivity index (χ2v) is 6.51. The first-order chi connectivity index (χ1) is 12.5. The van der Waals surface area contributed by atoms with Crippen LogP contribution in [0.25, 0.3) is 0 Å². The Balaban J connectivity index is 1.58. The summed E-state index contributed by atoms with van der Waals surface area (Å²) in [6.07, 6.45) is 0. The topological polar surface area (TPSA) is 94.6 Å². The summed E-state index contributed by atoms with van der Waals surface area (Å²) in [7, 11) is 0. The number of amides is 1. The third kappa shape index (κ3) is 4.60. The number of carbonyl (C=O) groups is 1. The van der Waals surface area contributed by atoms with Crippen LogP contribution >= 0.6 is 22.6 Å². The molecule has 0 bridgehead atoms. The monoisotopic (exact) mass is 464 g/mol. The molecule has 7 nitrogen and oxygen atoms in total. The Morgan fingerprint density at radius 2 is 1.77 bits per heavy atom. The fraction of sp³-hybridized carbons (Fsp3) is 0.0556. The molecule has 0 saturated heterocycles. The van der Waals surface area contributed by atoms with Crippen molar-refractivity contribution in [3.05, 3.63) is 85.9 Å². The van der Waals surface area contributed by atoms with Gasteiger partial charge in [0.05, 0.1) is 4.92 Å². The number of rotatable bonds is 6. The van der Waals surface area contributed by atoms with Crippen LogP contribution in [-0.2, 0) is 6.61 Å². The molecule has 0 aliphatic rings. The van der Waals surface area contributed by atoms with Gasteiger partial charge in [0.1, 0.15) is 18.1 Å². The Morgan fingerprint density at radius 1 is 1.08 bits per heavy atom. The molecular formula is C18H13IN2O5. The van der Waals surface area contributed by atoms with E-state index in [9.17, 15) is 14.9 Å². The van der Waals surface area contributed by atoms with Crippen molar-refractivity contribution in [3.8, 4) is 5.75 Å². The third-order valence-electron chi connectivity index (χ3n) is 3.42. The zero-order valence-corrected chi connectivity index (χ0v) is 15.5. The van der Waals surface area contributed by atoms with E-state index >= 15 is 0 Å². The van der Waals surface area contributed by atoms with Gasteiger partial charge in [-0.2, -0.15) is 0 Å². The van der Waals surface area contributed by atoms with Gasteiger partial charge in [-0.05, 0) is 71.1 Å². The lowest BCUT2D eigenvalue weighted by Gasteiger charge is -2.04. The molecule has 1 heterocycles. The third-order valence-corrected chi connectivity index (χ3v) is 4.14. The van der Waals surface area contributed by atoms with Gasteiger partial charge in [-0.15, -0.1) is 0 Å². The van der Waals surface area contributed by atoms with Gasteiger partial charge in [0.2, 0.25) is 0 Å². The van der Waals surface area contributed by atoms with Crippen molar-refractivity contribution in [2.24, 2.45) is 0 Å². The number of nitro benzene ring substituents is 1. The first kappa shape index (κ1) is 17.9. The average Bonchev–Trinajstić information content (AvgIpc) is 3.11. The van der Waals surface area contributed by atoms with Crippen molar-refractivity contribution in [1.29, 1.82) is 0 Å². The molecule has 0 radical (unpaired) electrons. The molecule has 2 aromatic carbocycles. The van der Waals surface area contributed by atoms with Gasteiger partial charge in [0.25, 0.3) is 11.6 Å². The van der Waals surface area contributed by atoms with E-state index in [1.165, 1.54) is 24.3 Å². The average molecular weight is 464 g/mol. The predicted octanol–water partition coefficient (Wildman–Crippen LogP) is 4.62. The number of halogens is 1. The van der Waals surface area contributed by atoms with E-state index in [2.05, 4.69) is 27.9 Å². The van der Waals surface area contributed by atoms with Gasteiger partial charge in [0.15, 0.2) is 5.76 Å². The minimum absolute atomic E-state index is 0.0453. The standard InChI is InChI=1S/C18H13IN2O5/c19-12-1-7-15(8-2-12)25-11-16-9-10-17(26-16)18(22)20-13-3-5-14(6-4-13)21(23)24/h1-10H,11H2,(H,20,22). The number of carbonyl (C=O) groups excluding carboxylic acids is 1. The Hall–Kier alpha value is -2.88. The lowest BCUT2D eigenvalue weighted by Crippen LogP contribution is -2.10. The van der Waals surface area contributed by atoms with Crippen molar-refractivity contribution < 1.29 is 18.9 Å². The summed E-state index contributed by atoms with van der Waals surface area (Å²) in [6, 6.07) is 16.3. The fourth-order valence-electron chi connectivity index (χ4n) is 2.12. The molecule has 3 aromatic rings. The first-order valence-electron chi connectivity index (χ1n) is 7.54. The Kier molecular flexibility index (Phi) is 5.52. The number of ether oxygens (including phenoxy) is 1. The van der Waals surface area contributed by atoms with Gasteiger partial charge in [0, 0.05) is 21.4 Å². The zero-order chi connectivity index (χ0) is 18.5. The molecule has 3 rings (SSSR count). The number of hydrogen-bond donors (Lipinski definition) is 1. The maximum absolute atomic E-state index is 12.2. The van der Waals surface area contributed by atoms with Crippen LogP contribution in [0.5, 0.6) is 5.75 Å². The first-order valence-corrected chi connectivity index (χ1v) is 8.62. The Labute approximate surface area is 162 Å².